The largest absolute Gasteiger partial charge is 0.433 e. The Bertz CT molecular complexity index is 685. The minimum atomic E-state index is -4.49. The first-order valence-electron chi connectivity index (χ1n) is 7.22. The highest BCUT2D eigenvalue weighted by atomic mass is 19.4. The van der Waals surface area contributed by atoms with E-state index < -0.39 is 11.9 Å². The van der Waals surface area contributed by atoms with Crippen LogP contribution >= 0.6 is 0 Å². The zero-order chi connectivity index (χ0) is 17.4. The molecular weight excluding hydrogens is 307 g/mol. The SMILES string of the molecule is Cc1nn(C(C)(C)C)cc1C(C)Nc1nccc(C(F)(F)F)n1. The van der Waals surface area contributed by atoms with Gasteiger partial charge in [-0.05, 0) is 40.7 Å². The number of nitrogens with zero attached hydrogens (tertiary/aromatic N) is 4. The fourth-order valence-electron chi connectivity index (χ4n) is 2.10. The van der Waals surface area contributed by atoms with E-state index in [0.29, 0.717) is 0 Å². The van der Waals surface area contributed by atoms with Crippen molar-refractivity contribution in [2.75, 3.05) is 5.32 Å². The van der Waals surface area contributed by atoms with Gasteiger partial charge in [-0.25, -0.2) is 9.97 Å². The fourth-order valence-corrected chi connectivity index (χ4v) is 2.10. The van der Waals surface area contributed by atoms with Gasteiger partial charge in [0, 0.05) is 18.0 Å². The van der Waals surface area contributed by atoms with E-state index in [0.717, 1.165) is 23.5 Å². The van der Waals surface area contributed by atoms with Crippen molar-refractivity contribution in [2.24, 2.45) is 0 Å². The van der Waals surface area contributed by atoms with E-state index in [4.69, 9.17) is 0 Å². The van der Waals surface area contributed by atoms with E-state index in [1.54, 1.807) is 0 Å². The van der Waals surface area contributed by atoms with Gasteiger partial charge in [0.15, 0.2) is 0 Å². The van der Waals surface area contributed by atoms with E-state index in [1.165, 1.54) is 0 Å². The molecule has 1 N–H and O–H groups in total. The van der Waals surface area contributed by atoms with Crippen molar-refractivity contribution in [2.45, 2.75) is 52.4 Å². The number of nitrogens with one attached hydrogen (secondary N) is 1. The number of hydrogen-bond donors (Lipinski definition) is 1. The summed E-state index contributed by atoms with van der Waals surface area (Å²) < 4.78 is 39.9. The average Bonchev–Trinajstić information content (AvgIpc) is 2.80. The molecule has 0 fully saturated rings. The third-order valence-corrected chi connectivity index (χ3v) is 3.38. The Kier molecular flexibility index (Phi) is 4.37. The smallest absolute Gasteiger partial charge is 0.348 e. The summed E-state index contributed by atoms with van der Waals surface area (Å²) in [6.07, 6.45) is -1.51. The predicted molar refractivity (Wildman–Crippen MR) is 81.0 cm³/mol. The van der Waals surface area contributed by atoms with E-state index in [1.807, 2.05) is 45.5 Å². The van der Waals surface area contributed by atoms with Crippen LogP contribution in [0.25, 0.3) is 0 Å². The van der Waals surface area contributed by atoms with Gasteiger partial charge in [0.1, 0.15) is 5.69 Å². The number of aromatic nitrogens is 4. The first-order valence-corrected chi connectivity index (χ1v) is 7.22. The van der Waals surface area contributed by atoms with Crippen molar-refractivity contribution in [1.82, 2.24) is 19.7 Å². The van der Waals surface area contributed by atoms with Crippen molar-refractivity contribution in [3.8, 4) is 0 Å². The third kappa shape index (κ3) is 4.00. The fraction of sp³-hybridized carbons (Fsp3) is 0.533. The van der Waals surface area contributed by atoms with Gasteiger partial charge >= 0.3 is 6.18 Å². The lowest BCUT2D eigenvalue weighted by atomic mass is 10.1. The standard InChI is InChI=1S/C15H20F3N5/c1-9(11-8-23(14(3,4)5)22-10(11)2)20-13-19-7-6-12(21-13)15(16,17)18/h6-9H,1-5H3,(H,19,20,21). The summed E-state index contributed by atoms with van der Waals surface area (Å²) in [5.41, 5.74) is 0.562. The summed E-state index contributed by atoms with van der Waals surface area (Å²) >= 11 is 0. The van der Waals surface area contributed by atoms with Gasteiger partial charge in [0.2, 0.25) is 5.95 Å². The summed E-state index contributed by atoms with van der Waals surface area (Å²) in [7, 11) is 0. The van der Waals surface area contributed by atoms with Crippen molar-refractivity contribution in [3.05, 3.63) is 35.4 Å². The number of alkyl halides is 3. The second-order valence-electron chi connectivity index (χ2n) is 6.41. The van der Waals surface area contributed by atoms with Gasteiger partial charge in [-0.3, -0.25) is 4.68 Å². The van der Waals surface area contributed by atoms with Crippen LogP contribution in [0, 0.1) is 6.92 Å². The molecule has 5 nitrogen and oxygen atoms in total. The van der Waals surface area contributed by atoms with Crippen LogP contribution in [-0.4, -0.2) is 19.7 Å². The monoisotopic (exact) mass is 327 g/mol. The molecule has 0 bridgehead atoms. The lowest BCUT2D eigenvalue weighted by molar-refractivity contribution is -0.141. The number of rotatable bonds is 3. The number of hydrogen-bond acceptors (Lipinski definition) is 4. The predicted octanol–water partition coefficient (Wildman–Crippen LogP) is 3.93. The molecule has 2 rings (SSSR count). The van der Waals surface area contributed by atoms with E-state index in [9.17, 15) is 13.2 Å². The maximum absolute atomic E-state index is 12.7. The molecule has 0 radical (unpaired) electrons. The van der Waals surface area contributed by atoms with Crippen LogP contribution < -0.4 is 5.32 Å². The second-order valence-corrected chi connectivity index (χ2v) is 6.41. The Hall–Kier alpha value is -2.12. The highest BCUT2D eigenvalue weighted by Crippen LogP contribution is 2.28. The summed E-state index contributed by atoms with van der Waals surface area (Å²) in [6.45, 7) is 9.77. The van der Waals surface area contributed by atoms with Gasteiger partial charge in [-0.1, -0.05) is 0 Å². The van der Waals surface area contributed by atoms with Crippen LogP contribution in [0.3, 0.4) is 0 Å². The Labute approximate surface area is 133 Å². The van der Waals surface area contributed by atoms with Crippen LogP contribution in [-0.2, 0) is 11.7 Å². The van der Waals surface area contributed by atoms with Crippen molar-refractivity contribution in [3.63, 3.8) is 0 Å². The molecule has 0 aliphatic carbocycles. The molecule has 2 aromatic rings. The van der Waals surface area contributed by atoms with Crippen LogP contribution in [0.2, 0.25) is 0 Å². The van der Waals surface area contributed by atoms with Gasteiger partial charge in [-0.2, -0.15) is 18.3 Å². The molecule has 8 heteroatoms. The molecule has 2 heterocycles. The summed E-state index contributed by atoms with van der Waals surface area (Å²) in [5, 5.41) is 7.36. The first kappa shape index (κ1) is 17.2. The second kappa shape index (κ2) is 5.82. The molecule has 0 aliphatic rings. The maximum atomic E-state index is 12.7. The number of aryl methyl sites for hydroxylation is 1. The molecule has 0 saturated carbocycles. The highest BCUT2D eigenvalue weighted by molar-refractivity contribution is 5.33. The van der Waals surface area contributed by atoms with Gasteiger partial charge in [-0.15, -0.1) is 0 Å². The zero-order valence-corrected chi connectivity index (χ0v) is 13.7. The third-order valence-electron chi connectivity index (χ3n) is 3.38. The summed E-state index contributed by atoms with van der Waals surface area (Å²) in [5.74, 6) is -0.0600. The zero-order valence-electron chi connectivity index (χ0n) is 13.7. The van der Waals surface area contributed by atoms with E-state index in [2.05, 4.69) is 20.4 Å². The first-order chi connectivity index (χ1) is 10.5. The van der Waals surface area contributed by atoms with Crippen LogP contribution in [0.15, 0.2) is 18.5 Å². The molecule has 23 heavy (non-hydrogen) atoms. The van der Waals surface area contributed by atoms with Gasteiger partial charge < -0.3 is 5.32 Å². The Morgan fingerprint density at radius 3 is 2.39 bits per heavy atom. The minimum Gasteiger partial charge on any atom is -0.348 e. The Balaban J connectivity index is 2.23. The topological polar surface area (TPSA) is 55.6 Å². The van der Waals surface area contributed by atoms with Gasteiger partial charge in [0.05, 0.1) is 17.3 Å². The maximum Gasteiger partial charge on any atom is 0.433 e. The van der Waals surface area contributed by atoms with E-state index >= 15 is 0 Å². The molecule has 0 aliphatic heterocycles. The van der Waals surface area contributed by atoms with Crippen LogP contribution in [0.1, 0.15) is 50.7 Å². The van der Waals surface area contributed by atoms with Crippen LogP contribution in [0.5, 0.6) is 0 Å². The molecule has 1 atom stereocenters. The van der Waals surface area contributed by atoms with Crippen molar-refractivity contribution in [1.29, 1.82) is 0 Å². The molecule has 1 unspecified atom stereocenters. The molecule has 0 aromatic carbocycles. The highest BCUT2D eigenvalue weighted by Gasteiger charge is 2.33. The molecule has 126 valence electrons. The molecule has 0 saturated heterocycles. The molecule has 2 aromatic heterocycles. The molecule has 0 spiro atoms. The van der Waals surface area contributed by atoms with Crippen molar-refractivity contribution < 1.29 is 13.2 Å². The summed E-state index contributed by atoms with van der Waals surface area (Å²) in [6, 6.07) is 0.577. The number of halogens is 3. The van der Waals surface area contributed by atoms with Crippen LogP contribution in [0.4, 0.5) is 19.1 Å². The Morgan fingerprint density at radius 1 is 1.22 bits per heavy atom. The molecule has 0 amide bonds. The summed E-state index contributed by atoms with van der Waals surface area (Å²) in [4.78, 5) is 7.37. The van der Waals surface area contributed by atoms with Crippen molar-refractivity contribution >= 4 is 5.95 Å². The van der Waals surface area contributed by atoms with E-state index in [-0.39, 0.29) is 17.5 Å². The lowest BCUT2D eigenvalue weighted by Crippen LogP contribution is -2.22. The molecular formula is C15H20F3N5. The quantitative estimate of drug-likeness (QED) is 0.928. The van der Waals surface area contributed by atoms with Gasteiger partial charge in [0.25, 0.3) is 0 Å². The lowest BCUT2D eigenvalue weighted by Gasteiger charge is -2.19. The Morgan fingerprint density at radius 2 is 1.87 bits per heavy atom. The average molecular weight is 327 g/mol. The normalized spacial score (nSPS) is 13.9. The minimum absolute atomic E-state index is 0.0600. The number of anilines is 1.